The molecule has 0 aliphatic rings. The number of oxazole rings is 1. The van der Waals surface area contributed by atoms with Crippen molar-refractivity contribution in [3.63, 3.8) is 0 Å². The predicted molar refractivity (Wildman–Crippen MR) is 99.4 cm³/mol. The van der Waals surface area contributed by atoms with Crippen LogP contribution in [-0.4, -0.2) is 23.8 Å². The molecule has 124 valence electrons. The third-order valence-corrected chi connectivity index (χ3v) is 4.34. The summed E-state index contributed by atoms with van der Waals surface area (Å²) in [5, 5.41) is 8.88. The predicted octanol–water partition coefficient (Wildman–Crippen LogP) is 4.96. The zero-order chi connectivity index (χ0) is 17.1. The molecular formula is C19H20ClN3O. The summed E-state index contributed by atoms with van der Waals surface area (Å²) in [6.45, 7) is 2.07. The van der Waals surface area contributed by atoms with Crippen LogP contribution in [-0.2, 0) is 6.42 Å². The Morgan fingerprint density at radius 1 is 1.25 bits per heavy atom. The van der Waals surface area contributed by atoms with E-state index in [1.54, 1.807) is 12.1 Å². The minimum absolute atomic E-state index is 0.116. The lowest BCUT2D eigenvalue weighted by Crippen LogP contribution is -2.31. The summed E-state index contributed by atoms with van der Waals surface area (Å²) in [6.07, 6.45) is 1.33. The molecule has 1 aromatic heterocycles. The van der Waals surface area contributed by atoms with Crippen molar-refractivity contribution in [2.45, 2.75) is 25.8 Å². The molecule has 0 bridgehead atoms. The highest BCUT2D eigenvalue weighted by molar-refractivity contribution is 6.31. The molecule has 0 radical (unpaired) electrons. The van der Waals surface area contributed by atoms with Crippen LogP contribution in [0.3, 0.4) is 0 Å². The lowest BCUT2D eigenvalue weighted by Gasteiger charge is -2.23. The number of anilines is 1. The van der Waals surface area contributed by atoms with Crippen LogP contribution in [0.5, 0.6) is 0 Å². The van der Waals surface area contributed by atoms with E-state index in [2.05, 4.69) is 11.9 Å². The van der Waals surface area contributed by atoms with Crippen LogP contribution in [0.2, 0.25) is 5.02 Å². The van der Waals surface area contributed by atoms with Gasteiger partial charge >= 0.3 is 0 Å². The van der Waals surface area contributed by atoms with Crippen LogP contribution < -0.4 is 4.90 Å². The van der Waals surface area contributed by atoms with Crippen molar-refractivity contribution in [3.8, 4) is 0 Å². The van der Waals surface area contributed by atoms with Gasteiger partial charge in [0.05, 0.1) is 0 Å². The minimum atomic E-state index is 0.116. The third-order valence-electron chi connectivity index (χ3n) is 4.10. The largest absolute Gasteiger partial charge is 0.423 e. The van der Waals surface area contributed by atoms with Gasteiger partial charge in [0.25, 0.3) is 6.01 Å². The number of halogens is 1. The number of aromatic nitrogens is 1. The maximum atomic E-state index is 8.25. The first kappa shape index (κ1) is 16.5. The van der Waals surface area contributed by atoms with E-state index in [9.17, 15) is 0 Å². The average Bonchev–Trinajstić information content (AvgIpc) is 2.97. The molecular weight excluding hydrogens is 322 g/mol. The molecule has 0 saturated heterocycles. The highest BCUT2D eigenvalue weighted by Crippen LogP contribution is 2.25. The molecule has 0 saturated carbocycles. The molecule has 5 heteroatoms. The van der Waals surface area contributed by atoms with Crippen LogP contribution in [0, 0.1) is 5.41 Å². The van der Waals surface area contributed by atoms with Crippen LogP contribution in [0.4, 0.5) is 6.01 Å². The van der Waals surface area contributed by atoms with E-state index >= 15 is 0 Å². The van der Waals surface area contributed by atoms with Crippen molar-refractivity contribution in [1.29, 1.82) is 5.41 Å². The molecule has 2 aromatic carbocycles. The fourth-order valence-corrected chi connectivity index (χ4v) is 2.80. The molecule has 0 amide bonds. The third kappa shape index (κ3) is 3.77. The summed E-state index contributed by atoms with van der Waals surface area (Å²) in [6, 6.07) is 16.2. The van der Waals surface area contributed by atoms with Gasteiger partial charge in [-0.05, 0) is 24.6 Å². The second-order valence-electron chi connectivity index (χ2n) is 6.04. The van der Waals surface area contributed by atoms with E-state index in [0.29, 0.717) is 35.2 Å². The van der Waals surface area contributed by atoms with Gasteiger partial charge in [0, 0.05) is 42.7 Å². The molecule has 0 fully saturated rings. The quantitative estimate of drug-likeness (QED) is 0.645. The van der Waals surface area contributed by atoms with Crippen LogP contribution in [0.15, 0.2) is 52.9 Å². The van der Waals surface area contributed by atoms with Crippen molar-refractivity contribution < 1.29 is 4.42 Å². The molecule has 1 N–H and O–H groups in total. The average molecular weight is 342 g/mol. The summed E-state index contributed by atoms with van der Waals surface area (Å²) in [4.78, 5) is 6.46. The van der Waals surface area contributed by atoms with Gasteiger partial charge in [-0.25, -0.2) is 0 Å². The number of nitrogens with zero attached hydrogens (tertiary/aromatic N) is 2. The first-order chi connectivity index (χ1) is 11.5. The zero-order valence-electron chi connectivity index (χ0n) is 13.8. The topological polar surface area (TPSA) is 53.1 Å². The Hall–Kier alpha value is -2.33. The standard InChI is InChI=1S/C19H20ClN3O/c1-13(10-16(21)11-14-6-4-3-5-7-14)23(2)19-22-17-9-8-15(20)12-18(17)24-19/h3-9,12-13,21H,10-11H2,1-2H3/t13-/m1/s1. The Morgan fingerprint density at radius 2 is 2.00 bits per heavy atom. The van der Waals surface area contributed by atoms with Crippen molar-refractivity contribution in [2.75, 3.05) is 11.9 Å². The summed E-state index contributed by atoms with van der Waals surface area (Å²) in [5.41, 5.74) is 3.32. The molecule has 1 atom stereocenters. The summed E-state index contributed by atoms with van der Waals surface area (Å²) in [7, 11) is 1.94. The molecule has 0 spiro atoms. The van der Waals surface area contributed by atoms with Gasteiger partial charge in [-0.1, -0.05) is 41.9 Å². The fraction of sp³-hybridized carbons (Fsp3) is 0.263. The summed E-state index contributed by atoms with van der Waals surface area (Å²) in [5.74, 6) is 0. The summed E-state index contributed by atoms with van der Waals surface area (Å²) >= 11 is 5.99. The van der Waals surface area contributed by atoms with E-state index in [4.69, 9.17) is 21.4 Å². The molecule has 0 unspecified atom stereocenters. The van der Waals surface area contributed by atoms with Crippen LogP contribution in [0.25, 0.3) is 11.1 Å². The maximum absolute atomic E-state index is 8.25. The number of fused-ring (bicyclic) bond motifs is 1. The SMILES string of the molecule is C[C@H](CC(=N)Cc1ccccc1)N(C)c1nc2ccc(Cl)cc2o1. The van der Waals surface area contributed by atoms with Gasteiger partial charge in [0.2, 0.25) is 0 Å². The molecule has 3 rings (SSSR count). The normalized spacial score (nSPS) is 12.3. The minimum Gasteiger partial charge on any atom is -0.423 e. The number of hydrogen-bond donors (Lipinski definition) is 1. The second kappa shape index (κ2) is 7.05. The van der Waals surface area contributed by atoms with Gasteiger partial charge in [-0.3, -0.25) is 0 Å². The van der Waals surface area contributed by atoms with E-state index < -0.39 is 0 Å². The smallest absolute Gasteiger partial charge is 0.298 e. The van der Waals surface area contributed by atoms with E-state index in [-0.39, 0.29) is 6.04 Å². The molecule has 0 aliphatic heterocycles. The Morgan fingerprint density at radius 3 is 2.75 bits per heavy atom. The first-order valence-corrected chi connectivity index (χ1v) is 8.30. The molecule has 24 heavy (non-hydrogen) atoms. The number of rotatable bonds is 6. The maximum Gasteiger partial charge on any atom is 0.298 e. The van der Waals surface area contributed by atoms with E-state index in [0.717, 1.165) is 11.1 Å². The fourth-order valence-electron chi connectivity index (χ4n) is 2.63. The number of hydrogen-bond acceptors (Lipinski definition) is 4. The zero-order valence-corrected chi connectivity index (χ0v) is 14.5. The Labute approximate surface area is 146 Å². The highest BCUT2D eigenvalue weighted by Gasteiger charge is 2.17. The van der Waals surface area contributed by atoms with Crippen molar-refractivity contribution >= 4 is 34.4 Å². The van der Waals surface area contributed by atoms with Gasteiger partial charge in [0.1, 0.15) is 5.52 Å². The van der Waals surface area contributed by atoms with Crippen molar-refractivity contribution in [3.05, 3.63) is 59.1 Å². The lowest BCUT2D eigenvalue weighted by atomic mass is 10.0. The van der Waals surface area contributed by atoms with E-state index in [1.807, 2.05) is 48.3 Å². The van der Waals surface area contributed by atoms with E-state index in [1.165, 1.54) is 0 Å². The molecule has 1 heterocycles. The number of nitrogens with one attached hydrogen (secondary N) is 1. The molecule has 3 aromatic rings. The second-order valence-corrected chi connectivity index (χ2v) is 6.47. The number of benzene rings is 2. The van der Waals surface area contributed by atoms with Gasteiger partial charge < -0.3 is 14.7 Å². The Balaban J connectivity index is 1.66. The monoisotopic (exact) mass is 341 g/mol. The van der Waals surface area contributed by atoms with Gasteiger partial charge in [-0.15, -0.1) is 0 Å². The van der Waals surface area contributed by atoms with Crippen molar-refractivity contribution in [1.82, 2.24) is 4.98 Å². The van der Waals surface area contributed by atoms with Gasteiger partial charge in [-0.2, -0.15) is 4.98 Å². The van der Waals surface area contributed by atoms with Crippen LogP contribution in [0.1, 0.15) is 18.9 Å². The Bertz CT molecular complexity index is 844. The van der Waals surface area contributed by atoms with Crippen molar-refractivity contribution in [2.24, 2.45) is 0 Å². The highest BCUT2D eigenvalue weighted by atomic mass is 35.5. The van der Waals surface area contributed by atoms with Crippen LogP contribution >= 0.6 is 11.6 Å². The molecule has 4 nitrogen and oxygen atoms in total. The first-order valence-electron chi connectivity index (χ1n) is 7.92. The Kier molecular flexibility index (Phi) is 4.86. The lowest BCUT2D eigenvalue weighted by molar-refractivity contribution is 0.553. The van der Waals surface area contributed by atoms with Gasteiger partial charge in [0.15, 0.2) is 5.58 Å². The molecule has 0 aliphatic carbocycles. The summed E-state index contributed by atoms with van der Waals surface area (Å²) < 4.78 is 5.79.